The van der Waals surface area contributed by atoms with Gasteiger partial charge < -0.3 is 20.4 Å². The maximum absolute atomic E-state index is 14.1. The zero-order valence-electron chi connectivity index (χ0n) is 29.1. The van der Waals surface area contributed by atoms with Gasteiger partial charge in [-0.2, -0.15) is 0 Å². The summed E-state index contributed by atoms with van der Waals surface area (Å²) in [6.07, 6.45) is 11.7. The molecule has 44 heavy (non-hydrogen) atoms. The second-order valence-corrected chi connectivity index (χ2v) is 15.2. The maximum Gasteiger partial charge on any atom is 0.249 e. The van der Waals surface area contributed by atoms with Gasteiger partial charge in [-0.3, -0.25) is 24.1 Å². The van der Waals surface area contributed by atoms with Gasteiger partial charge in [0, 0.05) is 31.2 Å². The summed E-state index contributed by atoms with van der Waals surface area (Å²) >= 11 is 0. The highest BCUT2D eigenvalue weighted by Crippen LogP contribution is 2.27. The number of piperidine rings is 1. The van der Waals surface area contributed by atoms with Crippen LogP contribution in [0, 0.1) is 11.3 Å². The van der Waals surface area contributed by atoms with Gasteiger partial charge in [0.1, 0.15) is 12.1 Å². The minimum atomic E-state index is -0.715. The molecule has 4 amide bonds. The monoisotopic (exact) mass is 615 g/mol. The number of hydrogen-bond donors (Lipinski definition) is 2. The molecule has 2 saturated heterocycles. The highest BCUT2D eigenvalue weighted by atomic mass is 16.2. The molecule has 0 aromatic carbocycles. The van der Waals surface area contributed by atoms with E-state index in [4.69, 9.17) is 0 Å². The molecule has 2 N–H and O–H groups in total. The van der Waals surface area contributed by atoms with Crippen molar-refractivity contribution in [1.29, 1.82) is 0 Å². The first kappa shape index (κ1) is 36.1. The first-order valence-corrected chi connectivity index (χ1v) is 17.3. The number of likely N-dealkylation sites (N-methyl/N-ethyl adjacent to an activating group) is 1. The Morgan fingerprint density at radius 3 is 2.02 bits per heavy atom. The van der Waals surface area contributed by atoms with E-state index >= 15 is 0 Å². The molecule has 0 unspecified atom stereocenters. The fraction of sp³-hybridized carbons (Fsp3) is 0.829. The maximum atomic E-state index is 14.1. The lowest BCUT2D eigenvalue weighted by molar-refractivity contribution is -0.142. The first-order valence-electron chi connectivity index (χ1n) is 17.3. The van der Waals surface area contributed by atoms with Crippen molar-refractivity contribution < 1.29 is 19.2 Å². The summed E-state index contributed by atoms with van der Waals surface area (Å²) in [7, 11) is 1.77. The van der Waals surface area contributed by atoms with Gasteiger partial charge in [-0.1, -0.05) is 66.4 Å². The van der Waals surface area contributed by atoms with Crippen molar-refractivity contribution in [3.8, 4) is 0 Å². The van der Waals surface area contributed by atoms with E-state index in [2.05, 4.69) is 29.4 Å². The molecule has 0 aromatic heterocycles. The highest BCUT2D eigenvalue weighted by molar-refractivity contribution is 5.97. The first-order chi connectivity index (χ1) is 20.6. The minimum absolute atomic E-state index is 0.0294. The van der Waals surface area contributed by atoms with Crippen molar-refractivity contribution >= 4 is 23.6 Å². The Morgan fingerprint density at radius 1 is 0.818 bits per heavy atom. The van der Waals surface area contributed by atoms with Gasteiger partial charge in [0.25, 0.3) is 0 Å². The lowest BCUT2D eigenvalue weighted by Gasteiger charge is -2.41. The molecule has 4 atom stereocenters. The summed E-state index contributed by atoms with van der Waals surface area (Å²) in [6, 6.07) is -1.30. The van der Waals surface area contributed by atoms with Crippen molar-refractivity contribution in [3.05, 3.63) is 11.6 Å². The summed E-state index contributed by atoms with van der Waals surface area (Å²) in [4.78, 5) is 60.3. The summed E-state index contributed by atoms with van der Waals surface area (Å²) in [5.74, 6) is -0.416. The molecule has 0 aromatic rings. The zero-order valence-corrected chi connectivity index (χ0v) is 29.1. The van der Waals surface area contributed by atoms with Gasteiger partial charge in [0.15, 0.2) is 0 Å². The van der Waals surface area contributed by atoms with Gasteiger partial charge >= 0.3 is 0 Å². The number of nitrogens with one attached hydrogen (secondary N) is 2. The third-order valence-corrected chi connectivity index (χ3v) is 9.91. The van der Waals surface area contributed by atoms with Crippen LogP contribution >= 0.6 is 0 Å². The molecule has 2 heterocycles. The van der Waals surface area contributed by atoms with E-state index in [0.29, 0.717) is 18.5 Å². The van der Waals surface area contributed by atoms with E-state index in [1.165, 1.54) is 6.42 Å². The molecule has 1 aliphatic carbocycles. The number of likely N-dealkylation sites (tertiary alicyclic amines) is 2. The van der Waals surface area contributed by atoms with Crippen LogP contribution in [0.15, 0.2) is 11.6 Å². The normalized spacial score (nSPS) is 23.9. The Balaban J connectivity index is 1.75. The average molecular weight is 616 g/mol. The number of amides is 4. The van der Waals surface area contributed by atoms with E-state index in [0.717, 1.165) is 57.9 Å². The van der Waals surface area contributed by atoms with Crippen LogP contribution in [-0.2, 0) is 19.2 Å². The molecular weight excluding hydrogens is 554 g/mol. The zero-order chi connectivity index (χ0) is 32.8. The standard InChI is InChI=1S/C35H61N5O4/c1-23(2)29(22-25(5)33(43)40-21-15-19-28(40)31(41)36-26-16-11-10-12-17-26)38(9)34(44)30(35(6,7)8)37-32(42)27-18-13-14-20-39(27)24(3)4/h22-24,26-30H,10-21H2,1-9H3,(H,36,41)(H,37,42)/b25-22+/t27-,28+,29-,30-/m1/s1. The van der Waals surface area contributed by atoms with Gasteiger partial charge in [-0.25, -0.2) is 0 Å². The van der Waals surface area contributed by atoms with E-state index in [-0.39, 0.29) is 53.7 Å². The molecule has 1 saturated carbocycles. The smallest absolute Gasteiger partial charge is 0.249 e. The van der Waals surface area contributed by atoms with Crippen LogP contribution in [0.5, 0.6) is 0 Å². The van der Waals surface area contributed by atoms with Crippen molar-refractivity contribution in [2.75, 3.05) is 20.1 Å². The Bertz CT molecular complexity index is 1040. The predicted octanol–water partition coefficient (Wildman–Crippen LogP) is 4.65. The second-order valence-electron chi connectivity index (χ2n) is 15.2. The van der Waals surface area contributed by atoms with Gasteiger partial charge in [-0.05, 0) is 77.2 Å². The van der Waals surface area contributed by atoms with Crippen LogP contribution in [0.4, 0.5) is 0 Å². The SMILES string of the molecule is C/C(=C\[C@H](C(C)C)N(C)C(=O)[C@@H](NC(=O)[C@H]1CCCCN1C(C)C)C(C)(C)C)C(=O)N1CCC[C@H]1C(=O)NC1CCCCC1. The molecule has 9 heteroatoms. The van der Waals surface area contributed by atoms with Crippen LogP contribution in [-0.4, -0.2) is 94.7 Å². The summed E-state index contributed by atoms with van der Waals surface area (Å²) in [6.45, 7) is 17.5. The number of nitrogens with zero attached hydrogens (tertiary/aromatic N) is 3. The molecule has 3 aliphatic rings. The highest BCUT2D eigenvalue weighted by Gasteiger charge is 2.40. The molecule has 0 radical (unpaired) electrons. The second kappa shape index (κ2) is 15.7. The van der Waals surface area contributed by atoms with Crippen molar-refractivity contribution in [3.63, 3.8) is 0 Å². The molecule has 250 valence electrons. The van der Waals surface area contributed by atoms with Crippen LogP contribution in [0.3, 0.4) is 0 Å². The van der Waals surface area contributed by atoms with Crippen LogP contribution in [0.25, 0.3) is 0 Å². The topological polar surface area (TPSA) is 102 Å². The molecule has 9 nitrogen and oxygen atoms in total. The predicted molar refractivity (Wildman–Crippen MR) is 176 cm³/mol. The number of rotatable bonds is 10. The van der Waals surface area contributed by atoms with Crippen molar-refractivity contribution in [2.24, 2.45) is 11.3 Å². The van der Waals surface area contributed by atoms with Gasteiger partial charge in [-0.15, -0.1) is 0 Å². The van der Waals surface area contributed by atoms with Crippen LogP contribution in [0.2, 0.25) is 0 Å². The minimum Gasteiger partial charge on any atom is -0.352 e. The summed E-state index contributed by atoms with van der Waals surface area (Å²) < 4.78 is 0. The molecule has 3 fully saturated rings. The Morgan fingerprint density at radius 2 is 1.43 bits per heavy atom. The molecule has 2 aliphatic heterocycles. The van der Waals surface area contributed by atoms with E-state index in [1.807, 2.05) is 40.7 Å². The van der Waals surface area contributed by atoms with Crippen LogP contribution in [0.1, 0.15) is 120 Å². The lowest BCUT2D eigenvalue weighted by atomic mass is 9.84. The van der Waals surface area contributed by atoms with Crippen molar-refractivity contribution in [1.82, 2.24) is 25.3 Å². The third-order valence-electron chi connectivity index (χ3n) is 9.91. The van der Waals surface area contributed by atoms with Gasteiger partial charge in [0.05, 0.1) is 12.1 Å². The number of carbonyl (C=O) groups is 4. The van der Waals surface area contributed by atoms with Crippen molar-refractivity contribution in [2.45, 2.75) is 156 Å². The number of carbonyl (C=O) groups excluding carboxylic acids is 4. The molecule has 3 rings (SSSR count). The summed E-state index contributed by atoms with van der Waals surface area (Å²) in [5.41, 5.74) is 0.0231. The van der Waals surface area contributed by atoms with E-state index < -0.39 is 17.5 Å². The Labute approximate surface area is 266 Å². The fourth-order valence-corrected chi connectivity index (χ4v) is 7.22. The molecular formula is C35H61N5O4. The van der Waals surface area contributed by atoms with E-state index in [9.17, 15) is 19.2 Å². The Hall–Kier alpha value is -2.42. The summed E-state index contributed by atoms with van der Waals surface area (Å²) in [5, 5.41) is 6.35. The van der Waals surface area contributed by atoms with Gasteiger partial charge in [0.2, 0.25) is 23.6 Å². The number of hydrogen-bond acceptors (Lipinski definition) is 5. The van der Waals surface area contributed by atoms with Crippen LogP contribution < -0.4 is 10.6 Å². The molecule has 0 spiro atoms. The third kappa shape index (κ3) is 9.07. The average Bonchev–Trinajstić information content (AvgIpc) is 3.47. The quantitative estimate of drug-likeness (QED) is 0.349. The Kier molecular flexibility index (Phi) is 12.9. The fourth-order valence-electron chi connectivity index (χ4n) is 7.22. The molecule has 0 bridgehead atoms. The lowest BCUT2D eigenvalue weighted by Crippen LogP contribution is -2.60. The van der Waals surface area contributed by atoms with E-state index in [1.54, 1.807) is 23.8 Å². The largest absolute Gasteiger partial charge is 0.352 e.